The summed E-state index contributed by atoms with van der Waals surface area (Å²) in [7, 11) is 0. The van der Waals surface area contributed by atoms with Crippen LogP contribution in [0.1, 0.15) is 163 Å². The lowest BCUT2D eigenvalue weighted by molar-refractivity contribution is -0.161. The number of cyclic esters (lactones) is 1. The molecule has 2 nitrogen and oxygen atoms in total. The highest BCUT2D eigenvalue weighted by Gasteiger charge is 2.45. The Hall–Kier alpha value is -1.61. The highest BCUT2D eigenvalue weighted by molar-refractivity contribution is 9.10. The molecule has 0 bridgehead atoms. The second-order valence-corrected chi connectivity index (χ2v) is 13.2. The molecule has 2 aromatic carbocycles. The van der Waals surface area contributed by atoms with Gasteiger partial charge in [0.05, 0.1) is 0 Å². The third-order valence-corrected chi connectivity index (χ3v) is 8.45. The van der Waals surface area contributed by atoms with Gasteiger partial charge in [-0.1, -0.05) is 103 Å². The second-order valence-electron chi connectivity index (χ2n) is 12.4. The average molecular weight is 542 g/mol. The standard InChI is InChI=1S/C32H45BrO2/c1-16(2)21-13-22(17(3)4)27-25(14-21)32(11,12)35-31(34)29(27)28-23(18(5)6)15-24(19(7)8)30(33)26(28)20(9)10/h13-20,29H,1-12H3. The van der Waals surface area contributed by atoms with Crippen molar-refractivity contribution in [3.8, 4) is 0 Å². The van der Waals surface area contributed by atoms with Crippen LogP contribution in [-0.4, -0.2) is 5.97 Å². The summed E-state index contributed by atoms with van der Waals surface area (Å²) in [6.07, 6.45) is 0. The monoisotopic (exact) mass is 540 g/mol. The van der Waals surface area contributed by atoms with Crippen molar-refractivity contribution in [1.29, 1.82) is 0 Å². The predicted octanol–water partition coefficient (Wildman–Crippen LogP) is 9.99. The summed E-state index contributed by atoms with van der Waals surface area (Å²) in [5, 5.41) is 0. The molecule has 0 saturated carbocycles. The molecule has 35 heavy (non-hydrogen) atoms. The van der Waals surface area contributed by atoms with Gasteiger partial charge in [0, 0.05) is 4.47 Å². The van der Waals surface area contributed by atoms with E-state index in [1.807, 2.05) is 13.8 Å². The topological polar surface area (TPSA) is 26.3 Å². The smallest absolute Gasteiger partial charge is 0.318 e. The summed E-state index contributed by atoms with van der Waals surface area (Å²) in [6.45, 7) is 26.5. The number of fused-ring (bicyclic) bond motifs is 1. The van der Waals surface area contributed by atoms with E-state index in [9.17, 15) is 4.79 Å². The fourth-order valence-corrected chi connectivity index (χ4v) is 6.84. The lowest BCUT2D eigenvalue weighted by Crippen LogP contribution is -2.38. The lowest BCUT2D eigenvalue weighted by Gasteiger charge is -2.41. The Kier molecular flexibility index (Phi) is 8.02. The van der Waals surface area contributed by atoms with Gasteiger partial charge in [-0.15, -0.1) is 0 Å². The van der Waals surface area contributed by atoms with Gasteiger partial charge in [0.2, 0.25) is 0 Å². The van der Waals surface area contributed by atoms with E-state index < -0.39 is 11.5 Å². The molecule has 0 N–H and O–H groups in total. The van der Waals surface area contributed by atoms with Crippen LogP contribution in [0.15, 0.2) is 22.7 Å². The van der Waals surface area contributed by atoms with E-state index in [0.717, 1.165) is 15.6 Å². The number of ether oxygens (including phenoxy) is 1. The molecule has 2 aromatic rings. The minimum Gasteiger partial charge on any atom is -0.454 e. The number of carbonyl (C=O) groups excluding carboxylic acids is 1. The van der Waals surface area contributed by atoms with Gasteiger partial charge in [0.25, 0.3) is 0 Å². The maximum Gasteiger partial charge on any atom is 0.318 e. The maximum absolute atomic E-state index is 14.0. The number of benzene rings is 2. The van der Waals surface area contributed by atoms with E-state index in [4.69, 9.17) is 4.74 Å². The molecule has 0 radical (unpaired) electrons. The molecular formula is C32H45BrO2. The molecule has 0 fully saturated rings. The number of carbonyl (C=O) groups is 1. The van der Waals surface area contributed by atoms with Crippen LogP contribution in [-0.2, 0) is 15.1 Å². The Labute approximate surface area is 222 Å². The predicted molar refractivity (Wildman–Crippen MR) is 152 cm³/mol. The quantitative estimate of drug-likeness (QED) is 0.340. The van der Waals surface area contributed by atoms with E-state index in [2.05, 4.69) is 103 Å². The van der Waals surface area contributed by atoms with Crippen LogP contribution in [0, 0.1) is 0 Å². The van der Waals surface area contributed by atoms with E-state index in [1.165, 1.54) is 33.4 Å². The minimum atomic E-state index is -0.664. The first-order chi connectivity index (χ1) is 16.1. The minimum absolute atomic E-state index is 0.130. The molecule has 1 atom stereocenters. The highest BCUT2D eigenvalue weighted by Crippen LogP contribution is 2.51. The van der Waals surface area contributed by atoms with Gasteiger partial charge in [0.1, 0.15) is 11.5 Å². The van der Waals surface area contributed by atoms with Crippen LogP contribution in [0.2, 0.25) is 0 Å². The zero-order chi connectivity index (χ0) is 26.6. The average Bonchev–Trinajstić information content (AvgIpc) is 2.71. The van der Waals surface area contributed by atoms with Crippen molar-refractivity contribution in [2.45, 2.75) is 124 Å². The second kappa shape index (κ2) is 10.0. The van der Waals surface area contributed by atoms with Crippen molar-refractivity contribution in [3.63, 3.8) is 0 Å². The Balaban J connectivity index is 2.54. The molecule has 1 unspecified atom stereocenters. The summed E-state index contributed by atoms with van der Waals surface area (Å²) < 4.78 is 7.41. The van der Waals surface area contributed by atoms with E-state index in [1.54, 1.807) is 0 Å². The number of hydrogen-bond acceptors (Lipinski definition) is 2. The maximum atomic E-state index is 14.0. The van der Waals surface area contributed by atoms with Crippen molar-refractivity contribution >= 4 is 21.9 Å². The van der Waals surface area contributed by atoms with Crippen molar-refractivity contribution < 1.29 is 9.53 Å². The number of halogens is 1. The van der Waals surface area contributed by atoms with Crippen LogP contribution < -0.4 is 0 Å². The van der Waals surface area contributed by atoms with E-state index >= 15 is 0 Å². The van der Waals surface area contributed by atoms with Gasteiger partial charge < -0.3 is 4.74 Å². The third-order valence-electron chi connectivity index (χ3n) is 7.56. The van der Waals surface area contributed by atoms with Gasteiger partial charge in [-0.05, 0) is 87.9 Å². The first-order valence-electron chi connectivity index (χ1n) is 13.4. The Morgan fingerprint density at radius 3 is 1.69 bits per heavy atom. The molecular weight excluding hydrogens is 496 g/mol. The normalized spacial score (nSPS) is 17.7. The largest absolute Gasteiger partial charge is 0.454 e. The van der Waals surface area contributed by atoms with Crippen molar-refractivity contribution in [2.75, 3.05) is 0 Å². The van der Waals surface area contributed by atoms with Crippen LogP contribution in [0.3, 0.4) is 0 Å². The Morgan fingerprint density at radius 2 is 1.23 bits per heavy atom. The van der Waals surface area contributed by atoms with Crippen LogP contribution in [0.5, 0.6) is 0 Å². The fourth-order valence-electron chi connectivity index (χ4n) is 5.60. The SMILES string of the molecule is CC(C)c1cc(C(C)C)c2c(c1)C(C)(C)OC(=O)C2c1c(C(C)C)cc(C(C)C)c(Br)c1C(C)C. The third kappa shape index (κ3) is 4.99. The number of esters is 1. The molecule has 1 heterocycles. The van der Waals surface area contributed by atoms with Gasteiger partial charge in [-0.25, -0.2) is 0 Å². The summed E-state index contributed by atoms with van der Waals surface area (Å²) in [5.74, 6) is 1.09. The summed E-state index contributed by atoms with van der Waals surface area (Å²) in [6, 6.07) is 6.98. The van der Waals surface area contributed by atoms with E-state index in [0.29, 0.717) is 17.8 Å². The summed E-state index contributed by atoms with van der Waals surface area (Å²) in [5.41, 5.74) is 9.20. The molecule has 3 heteroatoms. The molecule has 0 spiro atoms. The molecule has 0 saturated heterocycles. The van der Waals surface area contributed by atoms with Crippen molar-refractivity contribution in [2.24, 2.45) is 0 Å². The lowest BCUT2D eigenvalue weighted by atomic mass is 9.70. The molecule has 0 aromatic heterocycles. The first-order valence-corrected chi connectivity index (χ1v) is 14.2. The van der Waals surface area contributed by atoms with Gasteiger partial charge in [-0.2, -0.15) is 0 Å². The van der Waals surface area contributed by atoms with Crippen LogP contribution in [0.4, 0.5) is 0 Å². The molecule has 192 valence electrons. The Bertz CT molecular complexity index is 1120. The molecule has 1 aliphatic rings. The molecule has 0 aliphatic carbocycles. The van der Waals surface area contributed by atoms with Gasteiger partial charge in [0.15, 0.2) is 0 Å². The summed E-state index contributed by atoms with van der Waals surface area (Å²) >= 11 is 3.99. The van der Waals surface area contributed by atoms with Gasteiger partial charge in [-0.3, -0.25) is 4.79 Å². The molecule has 0 amide bonds. The van der Waals surface area contributed by atoms with Crippen molar-refractivity contribution in [3.05, 3.63) is 67.2 Å². The van der Waals surface area contributed by atoms with Crippen LogP contribution >= 0.6 is 15.9 Å². The molecule has 3 rings (SSSR count). The Morgan fingerprint density at radius 1 is 0.714 bits per heavy atom. The number of hydrogen-bond donors (Lipinski definition) is 0. The molecule has 1 aliphatic heterocycles. The highest BCUT2D eigenvalue weighted by atomic mass is 79.9. The number of rotatable bonds is 6. The van der Waals surface area contributed by atoms with E-state index in [-0.39, 0.29) is 17.8 Å². The zero-order valence-electron chi connectivity index (χ0n) is 23.9. The zero-order valence-corrected chi connectivity index (χ0v) is 25.5. The first kappa shape index (κ1) is 28.0. The fraction of sp³-hybridized carbons (Fsp3) is 0.594. The van der Waals surface area contributed by atoms with Crippen LogP contribution in [0.25, 0.3) is 0 Å². The summed E-state index contributed by atoms with van der Waals surface area (Å²) in [4.78, 5) is 14.0. The van der Waals surface area contributed by atoms with Crippen molar-refractivity contribution in [1.82, 2.24) is 0 Å². The van der Waals surface area contributed by atoms with Gasteiger partial charge >= 0.3 is 5.97 Å².